The summed E-state index contributed by atoms with van der Waals surface area (Å²) in [6.45, 7) is 2.63. The number of rotatable bonds is 5. The summed E-state index contributed by atoms with van der Waals surface area (Å²) in [7, 11) is 0. The summed E-state index contributed by atoms with van der Waals surface area (Å²) >= 11 is 7.35. The highest BCUT2D eigenvalue weighted by atomic mass is 35.5. The van der Waals surface area contributed by atoms with Gasteiger partial charge in [0.25, 0.3) is 5.91 Å². The van der Waals surface area contributed by atoms with E-state index in [0.29, 0.717) is 27.9 Å². The summed E-state index contributed by atoms with van der Waals surface area (Å²) in [5.41, 5.74) is 0.597. The molecule has 0 spiro atoms. The number of benzene rings is 1. The Balaban J connectivity index is 2.18. The average Bonchev–Trinajstić information content (AvgIpc) is 2.92. The molecule has 0 radical (unpaired) electrons. The molecule has 1 aromatic heterocycles. The van der Waals surface area contributed by atoms with Crippen molar-refractivity contribution in [1.29, 1.82) is 0 Å². The Morgan fingerprint density at radius 3 is 2.95 bits per heavy atom. The second-order valence-electron chi connectivity index (χ2n) is 3.92. The summed E-state index contributed by atoms with van der Waals surface area (Å²) in [4.78, 5) is 12.7. The summed E-state index contributed by atoms with van der Waals surface area (Å²) < 4.78 is 5.59. The molecular formula is C14H14ClNO2S. The van der Waals surface area contributed by atoms with E-state index in [1.54, 1.807) is 24.3 Å². The van der Waals surface area contributed by atoms with Crippen molar-refractivity contribution in [3.05, 3.63) is 45.6 Å². The first-order chi connectivity index (χ1) is 9.20. The van der Waals surface area contributed by atoms with Gasteiger partial charge >= 0.3 is 0 Å². The minimum atomic E-state index is -0.154. The van der Waals surface area contributed by atoms with Crippen molar-refractivity contribution in [2.24, 2.45) is 0 Å². The molecule has 1 N–H and O–H groups in total. The molecule has 2 rings (SSSR count). The highest BCUT2D eigenvalue weighted by Crippen LogP contribution is 2.29. The van der Waals surface area contributed by atoms with Crippen LogP contribution in [-0.2, 0) is 0 Å². The number of halogens is 1. The van der Waals surface area contributed by atoms with Crippen molar-refractivity contribution in [1.82, 2.24) is 0 Å². The van der Waals surface area contributed by atoms with Gasteiger partial charge in [-0.15, -0.1) is 11.3 Å². The Morgan fingerprint density at radius 2 is 2.26 bits per heavy atom. The van der Waals surface area contributed by atoms with Crippen LogP contribution in [0.15, 0.2) is 35.7 Å². The Bertz CT molecular complexity index is 555. The normalized spacial score (nSPS) is 10.2. The van der Waals surface area contributed by atoms with E-state index in [0.717, 1.165) is 6.42 Å². The largest absolute Gasteiger partial charge is 0.491 e. The fourth-order valence-corrected chi connectivity index (χ4v) is 2.32. The molecule has 0 bridgehead atoms. The van der Waals surface area contributed by atoms with Crippen LogP contribution in [0.5, 0.6) is 5.75 Å². The molecule has 0 saturated carbocycles. The van der Waals surface area contributed by atoms with Gasteiger partial charge in [0.05, 0.1) is 17.2 Å². The lowest BCUT2D eigenvalue weighted by Crippen LogP contribution is -2.11. The van der Waals surface area contributed by atoms with Gasteiger partial charge < -0.3 is 10.1 Å². The maximum Gasteiger partial charge on any atom is 0.265 e. The van der Waals surface area contributed by atoms with Crippen LogP contribution in [0.3, 0.4) is 0 Å². The van der Waals surface area contributed by atoms with Crippen LogP contribution in [0.2, 0.25) is 5.02 Å². The molecule has 0 atom stereocenters. The van der Waals surface area contributed by atoms with Crippen LogP contribution >= 0.6 is 22.9 Å². The van der Waals surface area contributed by atoms with Crippen LogP contribution in [0.1, 0.15) is 23.0 Å². The molecule has 19 heavy (non-hydrogen) atoms. The van der Waals surface area contributed by atoms with E-state index >= 15 is 0 Å². The number of carbonyl (C=O) groups is 1. The lowest BCUT2D eigenvalue weighted by molar-refractivity contribution is 0.103. The number of carbonyl (C=O) groups excluding carboxylic acids is 1. The topological polar surface area (TPSA) is 38.3 Å². The second kappa shape index (κ2) is 6.59. The number of ether oxygens (including phenoxy) is 1. The van der Waals surface area contributed by atoms with Gasteiger partial charge in [-0.05, 0) is 36.1 Å². The van der Waals surface area contributed by atoms with Gasteiger partial charge in [0.1, 0.15) is 5.75 Å². The number of nitrogens with one attached hydrogen (secondary N) is 1. The SMILES string of the molecule is CCCOc1ccc(Cl)cc1NC(=O)c1cccs1. The van der Waals surface area contributed by atoms with Crippen molar-refractivity contribution in [2.45, 2.75) is 13.3 Å². The van der Waals surface area contributed by atoms with Crippen LogP contribution in [0.25, 0.3) is 0 Å². The Morgan fingerprint density at radius 1 is 1.42 bits per heavy atom. The molecule has 5 heteroatoms. The quantitative estimate of drug-likeness (QED) is 0.885. The van der Waals surface area contributed by atoms with E-state index in [-0.39, 0.29) is 5.91 Å². The molecule has 0 aliphatic rings. The standard InChI is InChI=1S/C14H14ClNO2S/c1-2-7-18-12-6-5-10(15)9-11(12)16-14(17)13-4-3-8-19-13/h3-6,8-9H,2,7H2,1H3,(H,16,17). The van der Waals surface area contributed by atoms with Crippen LogP contribution in [0.4, 0.5) is 5.69 Å². The molecule has 1 amide bonds. The predicted octanol–water partition coefficient (Wildman–Crippen LogP) is 4.44. The minimum Gasteiger partial charge on any atom is -0.491 e. The molecule has 1 aromatic carbocycles. The first-order valence-corrected chi connectivity index (χ1v) is 7.23. The molecule has 0 saturated heterocycles. The van der Waals surface area contributed by atoms with Gasteiger partial charge in [-0.25, -0.2) is 0 Å². The third kappa shape index (κ3) is 3.72. The zero-order valence-corrected chi connectivity index (χ0v) is 12.1. The number of thiophene rings is 1. The predicted molar refractivity (Wildman–Crippen MR) is 79.5 cm³/mol. The van der Waals surface area contributed by atoms with Crippen molar-refractivity contribution < 1.29 is 9.53 Å². The number of anilines is 1. The van der Waals surface area contributed by atoms with Gasteiger partial charge in [0.15, 0.2) is 0 Å². The van der Waals surface area contributed by atoms with Gasteiger partial charge in [0, 0.05) is 5.02 Å². The maximum absolute atomic E-state index is 12.0. The third-order valence-electron chi connectivity index (χ3n) is 2.40. The molecule has 3 nitrogen and oxygen atoms in total. The Hall–Kier alpha value is -1.52. The zero-order chi connectivity index (χ0) is 13.7. The summed E-state index contributed by atoms with van der Waals surface area (Å²) in [5, 5.41) is 5.25. The van der Waals surface area contributed by atoms with E-state index in [4.69, 9.17) is 16.3 Å². The highest BCUT2D eigenvalue weighted by molar-refractivity contribution is 7.12. The number of amides is 1. The summed E-state index contributed by atoms with van der Waals surface area (Å²) in [6.07, 6.45) is 0.904. The monoisotopic (exact) mass is 295 g/mol. The van der Waals surface area contributed by atoms with E-state index < -0.39 is 0 Å². The van der Waals surface area contributed by atoms with Crippen LogP contribution in [0, 0.1) is 0 Å². The smallest absolute Gasteiger partial charge is 0.265 e. The molecule has 0 aliphatic carbocycles. The summed E-state index contributed by atoms with van der Waals surface area (Å²) in [6, 6.07) is 8.82. The molecule has 0 aliphatic heterocycles. The average molecular weight is 296 g/mol. The number of hydrogen-bond donors (Lipinski definition) is 1. The van der Waals surface area contributed by atoms with E-state index in [1.807, 2.05) is 18.4 Å². The lowest BCUT2D eigenvalue weighted by atomic mass is 10.3. The van der Waals surface area contributed by atoms with Crippen LogP contribution in [-0.4, -0.2) is 12.5 Å². The van der Waals surface area contributed by atoms with E-state index in [9.17, 15) is 4.79 Å². The fraction of sp³-hybridized carbons (Fsp3) is 0.214. The zero-order valence-electron chi connectivity index (χ0n) is 10.5. The second-order valence-corrected chi connectivity index (χ2v) is 5.30. The minimum absolute atomic E-state index is 0.154. The van der Waals surface area contributed by atoms with Gasteiger partial charge in [0.2, 0.25) is 0 Å². The van der Waals surface area contributed by atoms with Gasteiger partial charge in [-0.1, -0.05) is 24.6 Å². The molecular weight excluding hydrogens is 282 g/mol. The first-order valence-electron chi connectivity index (χ1n) is 5.98. The molecule has 2 aromatic rings. The van der Waals surface area contributed by atoms with Crippen molar-refractivity contribution >= 4 is 34.5 Å². The van der Waals surface area contributed by atoms with E-state index in [2.05, 4.69) is 5.32 Å². The van der Waals surface area contributed by atoms with Crippen molar-refractivity contribution in [3.8, 4) is 5.75 Å². The highest BCUT2D eigenvalue weighted by Gasteiger charge is 2.11. The van der Waals surface area contributed by atoms with Crippen molar-refractivity contribution in [3.63, 3.8) is 0 Å². The van der Waals surface area contributed by atoms with E-state index in [1.165, 1.54) is 11.3 Å². The molecule has 1 heterocycles. The van der Waals surface area contributed by atoms with Gasteiger partial charge in [-0.3, -0.25) is 4.79 Å². The first kappa shape index (κ1) is 13.9. The van der Waals surface area contributed by atoms with Crippen molar-refractivity contribution in [2.75, 3.05) is 11.9 Å². The Kier molecular flexibility index (Phi) is 4.82. The third-order valence-corrected chi connectivity index (χ3v) is 3.50. The fourth-order valence-electron chi connectivity index (χ4n) is 1.53. The molecule has 0 unspecified atom stereocenters. The molecule has 0 fully saturated rings. The summed E-state index contributed by atoms with van der Waals surface area (Å²) in [5.74, 6) is 0.481. The maximum atomic E-state index is 12.0. The number of hydrogen-bond acceptors (Lipinski definition) is 3. The Labute approximate surface area is 121 Å². The molecule has 100 valence electrons. The van der Waals surface area contributed by atoms with Crippen LogP contribution < -0.4 is 10.1 Å². The lowest BCUT2D eigenvalue weighted by Gasteiger charge is -2.12. The van der Waals surface area contributed by atoms with Gasteiger partial charge in [-0.2, -0.15) is 0 Å².